The van der Waals surface area contributed by atoms with Crippen molar-refractivity contribution < 1.29 is 60.1 Å². The first-order valence-electron chi connectivity index (χ1n) is 13.5. The van der Waals surface area contributed by atoms with Crippen LogP contribution in [-0.2, 0) is 39.7 Å². The maximum atomic E-state index is 14.0. The van der Waals surface area contributed by atoms with Crippen LogP contribution in [0.2, 0.25) is 0 Å². The van der Waals surface area contributed by atoms with E-state index in [0.29, 0.717) is 23.5 Å². The summed E-state index contributed by atoms with van der Waals surface area (Å²) in [5, 5.41) is 24.6. The Morgan fingerprint density at radius 3 is 1.89 bits per heavy atom. The molecule has 0 atom stereocenters. The molecule has 2 aliphatic rings. The molecular formula is C26H27B2F6N3O7. The number of rotatable bonds is 10. The van der Waals surface area contributed by atoms with Gasteiger partial charge in [0, 0.05) is 19.6 Å². The molecule has 2 aromatic carbocycles. The summed E-state index contributed by atoms with van der Waals surface area (Å²) in [6, 6.07) is 3.02. The maximum absolute atomic E-state index is 14.0. The number of carbonyl (C=O) groups is 3. The molecule has 2 heterocycles. The summed E-state index contributed by atoms with van der Waals surface area (Å²) in [7, 11) is -3.12. The van der Waals surface area contributed by atoms with Crippen LogP contribution in [0.15, 0.2) is 24.3 Å². The van der Waals surface area contributed by atoms with Gasteiger partial charge in [-0.1, -0.05) is 13.3 Å². The van der Waals surface area contributed by atoms with Gasteiger partial charge in [0.05, 0.1) is 42.0 Å². The normalized spacial score (nSPS) is 14.4. The van der Waals surface area contributed by atoms with Crippen molar-refractivity contribution in [3.8, 4) is 0 Å². The lowest BCUT2D eigenvalue weighted by Crippen LogP contribution is -2.45. The van der Waals surface area contributed by atoms with Crippen molar-refractivity contribution in [1.82, 2.24) is 15.5 Å². The van der Waals surface area contributed by atoms with Gasteiger partial charge in [0.2, 0.25) is 5.91 Å². The predicted molar refractivity (Wildman–Crippen MR) is 144 cm³/mol. The van der Waals surface area contributed by atoms with Crippen LogP contribution >= 0.6 is 0 Å². The molecule has 2 aliphatic heterocycles. The van der Waals surface area contributed by atoms with E-state index >= 15 is 0 Å². The molecule has 0 spiro atoms. The van der Waals surface area contributed by atoms with Crippen molar-refractivity contribution in [2.45, 2.75) is 45.3 Å². The van der Waals surface area contributed by atoms with E-state index < -0.39 is 86.2 Å². The Morgan fingerprint density at radius 2 is 1.36 bits per heavy atom. The number of hydrogen-bond donors (Lipinski definition) is 4. The molecule has 0 radical (unpaired) electrons. The Balaban J connectivity index is 1.59. The quantitative estimate of drug-likeness (QED) is 0.175. The number of nitrogens with zero attached hydrogens (tertiary/aromatic N) is 1. The highest BCUT2D eigenvalue weighted by Gasteiger charge is 2.41. The number of amides is 3. The van der Waals surface area contributed by atoms with Crippen molar-refractivity contribution in [3.05, 3.63) is 57.6 Å². The Kier molecular flexibility index (Phi) is 9.97. The Hall–Kier alpha value is -3.60. The molecule has 44 heavy (non-hydrogen) atoms. The average Bonchev–Trinajstić information content (AvgIpc) is 3.51. The van der Waals surface area contributed by atoms with Crippen LogP contribution in [-0.4, -0.2) is 73.1 Å². The third-order valence-corrected chi connectivity index (χ3v) is 7.11. The first kappa shape index (κ1) is 33.3. The van der Waals surface area contributed by atoms with E-state index in [1.807, 2.05) is 6.92 Å². The SMILES string of the molecule is CCCCNC(=O)CN(CCNC(=O)c1cc2c(cc1C(F)(F)F)COB2O)C(=O)c1cc2c(cc1C(F)(F)F)COB2O. The van der Waals surface area contributed by atoms with Crippen molar-refractivity contribution >= 4 is 42.9 Å². The lowest BCUT2D eigenvalue weighted by molar-refractivity contribution is -0.138. The molecular weight excluding hydrogens is 602 g/mol. The Morgan fingerprint density at radius 1 is 0.841 bits per heavy atom. The summed E-state index contributed by atoms with van der Waals surface area (Å²) in [5.74, 6) is -3.23. The van der Waals surface area contributed by atoms with E-state index in [0.717, 1.165) is 18.6 Å². The smallest absolute Gasteiger partial charge is 0.423 e. The summed E-state index contributed by atoms with van der Waals surface area (Å²) < 4.78 is 93.0. The minimum atomic E-state index is -5.01. The summed E-state index contributed by atoms with van der Waals surface area (Å²) in [5.41, 5.74) is -4.42. The molecule has 4 rings (SSSR count). The zero-order chi connectivity index (χ0) is 32.4. The van der Waals surface area contributed by atoms with Crippen LogP contribution in [0, 0.1) is 0 Å². The van der Waals surface area contributed by atoms with Gasteiger partial charge in [0.15, 0.2) is 0 Å². The van der Waals surface area contributed by atoms with Crippen LogP contribution in [0.4, 0.5) is 26.3 Å². The number of halogens is 6. The molecule has 4 N–H and O–H groups in total. The topological polar surface area (TPSA) is 137 Å². The molecule has 3 amide bonds. The maximum Gasteiger partial charge on any atom is 0.491 e. The van der Waals surface area contributed by atoms with E-state index in [-0.39, 0.29) is 41.8 Å². The third kappa shape index (κ3) is 7.36. The fourth-order valence-corrected chi connectivity index (χ4v) is 4.84. The van der Waals surface area contributed by atoms with Gasteiger partial charge >= 0.3 is 26.6 Å². The molecule has 0 bridgehead atoms. The number of alkyl halides is 6. The lowest BCUT2D eigenvalue weighted by Gasteiger charge is -2.25. The minimum absolute atomic E-state index is 0.0165. The van der Waals surface area contributed by atoms with Gasteiger partial charge in [0.1, 0.15) is 0 Å². The van der Waals surface area contributed by atoms with E-state index in [2.05, 4.69) is 10.6 Å². The van der Waals surface area contributed by atoms with Crippen LogP contribution in [0.25, 0.3) is 0 Å². The number of unbranched alkanes of at least 4 members (excludes halogenated alkanes) is 1. The van der Waals surface area contributed by atoms with Gasteiger partial charge in [-0.25, -0.2) is 0 Å². The fraction of sp³-hybridized carbons (Fsp3) is 0.423. The van der Waals surface area contributed by atoms with Crippen molar-refractivity contribution in [2.75, 3.05) is 26.2 Å². The second-order valence-electron chi connectivity index (χ2n) is 10.2. The molecule has 2 aromatic rings. The van der Waals surface area contributed by atoms with E-state index in [1.54, 1.807) is 0 Å². The van der Waals surface area contributed by atoms with Gasteiger partial charge in [-0.15, -0.1) is 0 Å². The molecule has 0 saturated heterocycles. The van der Waals surface area contributed by atoms with Crippen LogP contribution in [0.5, 0.6) is 0 Å². The lowest BCUT2D eigenvalue weighted by atomic mass is 9.77. The number of hydrogen-bond acceptors (Lipinski definition) is 7. The zero-order valence-corrected chi connectivity index (χ0v) is 23.3. The first-order chi connectivity index (χ1) is 20.6. The number of fused-ring (bicyclic) bond motifs is 2. The standard InChI is InChI=1S/C26H27B2F6N3O7/c1-2-3-4-35-22(38)11-37(24(40)17-10-21-15(13-44-28(21)42)8-19(17)26(32,33)34)6-5-36-23(39)16-9-20-14(12-43-27(20)41)7-18(16)25(29,30)31/h7-10,41-42H,2-6,11-13H2,1H3,(H,35,38)(H,36,39). The largest absolute Gasteiger partial charge is 0.491 e. The Bertz CT molecular complexity index is 1440. The monoisotopic (exact) mass is 629 g/mol. The molecule has 18 heteroatoms. The van der Waals surface area contributed by atoms with Gasteiger partial charge in [-0.3, -0.25) is 14.4 Å². The summed E-state index contributed by atoms with van der Waals surface area (Å²) >= 11 is 0. The van der Waals surface area contributed by atoms with Gasteiger partial charge in [-0.05, 0) is 52.7 Å². The molecule has 0 unspecified atom stereocenters. The van der Waals surface area contributed by atoms with Gasteiger partial charge < -0.3 is 34.9 Å². The Labute approximate surface area is 248 Å². The van der Waals surface area contributed by atoms with Gasteiger partial charge in [0.25, 0.3) is 11.8 Å². The first-order valence-corrected chi connectivity index (χ1v) is 13.5. The third-order valence-electron chi connectivity index (χ3n) is 7.11. The molecule has 236 valence electrons. The van der Waals surface area contributed by atoms with Crippen LogP contribution < -0.4 is 21.6 Å². The van der Waals surface area contributed by atoms with Crippen LogP contribution in [0.3, 0.4) is 0 Å². The zero-order valence-electron chi connectivity index (χ0n) is 23.3. The molecule has 0 saturated carbocycles. The van der Waals surface area contributed by atoms with E-state index in [9.17, 15) is 50.8 Å². The number of carbonyl (C=O) groups excluding carboxylic acids is 3. The number of nitrogens with one attached hydrogen (secondary N) is 2. The molecule has 0 fully saturated rings. The van der Waals surface area contributed by atoms with Crippen molar-refractivity contribution in [3.63, 3.8) is 0 Å². The summed E-state index contributed by atoms with van der Waals surface area (Å²) in [4.78, 5) is 39.7. The molecule has 0 aromatic heterocycles. The fourth-order valence-electron chi connectivity index (χ4n) is 4.84. The van der Waals surface area contributed by atoms with E-state index in [1.165, 1.54) is 0 Å². The highest BCUT2D eigenvalue weighted by atomic mass is 19.4. The van der Waals surface area contributed by atoms with Gasteiger partial charge in [-0.2, -0.15) is 26.3 Å². The van der Waals surface area contributed by atoms with E-state index in [4.69, 9.17) is 9.31 Å². The minimum Gasteiger partial charge on any atom is -0.423 e. The molecule has 0 aliphatic carbocycles. The van der Waals surface area contributed by atoms with Crippen LogP contribution in [0.1, 0.15) is 62.7 Å². The second kappa shape index (κ2) is 13.2. The predicted octanol–water partition coefficient (Wildman–Crippen LogP) is 0.948. The highest BCUT2D eigenvalue weighted by Crippen LogP contribution is 2.35. The van der Waals surface area contributed by atoms with Crippen molar-refractivity contribution in [2.24, 2.45) is 0 Å². The molecule has 10 nitrogen and oxygen atoms in total. The highest BCUT2D eigenvalue weighted by molar-refractivity contribution is 6.62. The average molecular weight is 629 g/mol. The summed E-state index contributed by atoms with van der Waals surface area (Å²) in [6.07, 6.45) is -8.66. The van der Waals surface area contributed by atoms with Crippen molar-refractivity contribution in [1.29, 1.82) is 0 Å². The number of benzene rings is 2. The summed E-state index contributed by atoms with van der Waals surface area (Å²) in [6.45, 7) is -0.412. The second-order valence-corrected chi connectivity index (χ2v) is 10.2.